The lowest BCUT2D eigenvalue weighted by molar-refractivity contribution is -0.134. The molecule has 0 unspecified atom stereocenters. The number of fused-ring (bicyclic) bond motifs is 1. The van der Waals surface area contributed by atoms with E-state index in [-0.39, 0.29) is 29.4 Å². The first-order valence-corrected chi connectivity index (χ1v) is 8.66. The van der Waals surface area contributed by atoms with Gasteiger partial charge in [0.05, 0.1) is 12.5 Å². The maximum absolute atomic E-state index is 12.8. The first-order valence-electron chi connectivity index (χ1n) is 8.66. The summed E-state index contributed by atoms with van der Waals surface area (Å²) < 4.78 is 34.5. The molecular weight excluding hydrogens is 330 g/mol. The van der Waals surface area contributed by atoms with Gasteiger partial charge >= 0.3 is 6.61 Å². The largest absolute Gasteiger partial charge is 0.493 e. The van der Waals surface area contributed by atoms with Crippen LogP contribution in [0.3, 0.4) is 0 Å². The first-order chi connectivity index (χ1) is 12.0. The molecule has 7 heteroatoms. The smallest absolute Gasteiger partial charge is 0.387 e. The molecule has 3 rings (SSSR count). The molecular formula is C18H24F2N2O3. The monoisotopic (exact) mass is 354 g/mol. The van der Waals surface area contributed by atoms with Gasteiger partial charge in [0.2, 0.25) is 5.91 Å². The van der Waals surface area contributed by atoms with Crippen molar-refractivity contribution in [1.29, 1.82) is 0 Å². The zero-order chi connectivity index (χ0) is 17.9. The van der Waals surface area contributed by atoms with Gasteiger partial charge in [0.15, 0.2) is 11.5 Å². The molecule has 1 heterocycles. The second kappa shape index (κ2) is 7.56. The highest BCUT2D eigenvalue weighted by Crippen LogP contribution is 2.44. The molecule has 0 radical (unpaired) electrons. The number of methoxy groups -OCH3 is 1. The zero-order valence-electron chi connectivity index (χ0n) is 14.3. The van der Waals surface area contributed by atoms with Crippen LogP contribution >= 0.6 is 0 Å². The second-order valence-electron chi connectivity index (χ2n) is 6.78. The molecule has 25 heavy (non-hydrogen) atoms. The van der Waals surface area contributed by atoms with E-state index in [1.807, 2.05) is 0 Å². The van der Waals surface area contributed by atoms with Crippen LogP contribution < -0.4 is 20.1 Å². The average Bonchev–Trinajstić information content (AvgIpc) is 3.04. The highest BCUT2D eigenvalue weighted by atomic mass is 19.3. The second-order valence-corrected chi connectivity index (χ2v) is 6.78. The summed E-state index contributed by atoms with van der Waals surface area (Å²) in [4.78, 5) is 12.8. The SMILES string of the molecule is COc1ccc(CNC(=O)[C@@]23CCCC[C@H]2CNC3)cc1OC(F)F. The number of carbonyl (C=O) groups is 1. The Hall–Kier alpha value is -1.89. The van der Waals surface area contributed by atoms with Gasteiger partial charge in [-0.1, -0.05) is 18.9 Å². The number of alkyl halides is 2. The van der Waals surface area contributed by atoms with Gasteiger partial charge in [-0.3, -0.25) is 4.79 Å². The van der Waals surface area contributed by atoms with E-state index in [9.17, 15) is 13.6 Å². The maximum Gasteiger partial charge on any atom is 0.387 e. The van der Waals surface area contributed by atoms with E-state index < -0.39 is 6.61 Å². The minimum absolute atomic E-state index is 0.0273. The Balaban J connectivity index is 1.67. The summed E-state index contributed by atoms with van der Waals surface area (Å²) in [5.74, 6) is 0.644. The topological polar surface area (TPSA) is 59.6 Å². The Morgan fingerprint density at radius 1 is 1.40 bits per heavy atom. The number of benzene rings is 1. The van der Waals surface area contributed by atoms with Gasteiger partial charge in [0.1, 0.15) is 0 Å². The Morgan fingerprint density at radius 2 is 2.24 bits per heavy atom. The molecule has 138 valence electrons. The minimum Gasteiger partial charge on any atom is -0.493 e. The number of nitrogens with one attached hydrogen (secondary N) is 2. The fourth-order valence-electron chi connectivity index (χ4n) is 4.07. The Kier molecular flexibility index (Phi) is 5.42. The van der Waals surface area contributed by atoms with E-state index in [2.05, 4.69) is 15.4 Å². The van der Waals surface area contributed by atoms with Gasteiger partial charge in [-0.2, -0.15) is 8.78 Å². The van der Waals surface area contributed by atoms with Crippen molar-refractivity contribution in [2.24, 2.45) is 11.3 Å². The summed E-state index contributed by atoms with van der Waals surface area (Å²) in [6, 6.07) is 4.78. The summed E-state index contributed by atoms with van der Waals surface area (Å²) in [5, 5.41) is 6.34. The van der Waals surface area contributed by atoms with E-state index >= 15 is 0 Å². The van der Waals surface area contributed by atoms with Crippen LogP contribution in [0.5, 0.6) is 11.5 Å². The predicted octanol–water partition coefficient (Wildman–Crippen LogP) is 2.69. The van der Waals surface area contributed by atoms with Gasteiger partial charge in [0.25, 0.3) is 0 Å². The Bertz CT molecular complexity index is 626. The summed E-state index contributed by atoms with van der Waals surface area (Å²) in [6.45, 7) is -1.05. The third-order valence-electron chi connectivity index (χ3n) is 5.39. The highest BCUT2D eigenvalue weighted by Gasteiger charge is 2.49. The van der Waals surface area contributed by atoms with E-state index in [0.29, 0.717) is 18.0 Å². The quantitative estimate of drug-likeness (QED) is 0.825. The third kappa shape index (κ3) is 3.71. The standard InChI is InChI=1S/C18H24F2N2O3/c1-24-14-6-5-12(8-15(14)25-17(19)20)9-22-16(23)18-7-3-2-4-13(18)10-21-11-18/h5-6,8,13,17,21H,2-4,7,9-11H2,1H3,(H,22,23)/t13-,18+/m0/s1. The number of hydrogen-bond acceptors (Lipinski definition) is 4. The lowest BCUT2D eigenvalue weighted by Crippen LogP contribution is -2.47. The molecule has 2 atom stereocenters. The van der Waals surface area contributed by atoms with E-state index in [0.717, 1.165) is 25.8 Å². The fourth-order valence-corrected chi connectivity index (χ4v) is 4.07. The molecule has 0 aromatic heterocycles. The Labute approximate surface area is 146 Å². The average molecular weight is 354 g/mol. The van der Waals surface area contributed by atoms with Crippen LogP contribution in [0, 0.1) is 11.3 Å². The molecule has 5 nitrogen and oxygen atoms in total. The number of carbonyl (C=O) groups excluding carboxylic acids is 1. The zero-order valence-corrected chi connectivity index (χ0v) is 14.3. The van der Waals surface area contributed by atoms with Crippen LogP contribution in [0.25, 0.3) is 0 Å². The van der Waals surface area contributed by atoms with E-state index in [1.165, 1.54) is 19.6 Å². The van der Waals surface area contributed by atoms with Crippen LogP contribution in [-0.2, 0) is 11.3 Å². The van der Waals surface area contributed by atoms with Gasteiger partial charge in [-0.05, 0) is 43.0 Å². The molecule has 2 fully saturated rings. The number of amides is 1. The molecule has 1 aliphatic heterocycles. The Morgan fingerprint density at radius 3 is 3.00 bits per heavy atom. The minimum atomic E-state index is -2.93. The summed E-state index contributed by atoms with van der Waals surface area (Å²) in [7, 11) is 1.39. The number of hydrogen-bond donors (Lipinski definition) is 2. The molecule has 1 saturated heterocycles. The van der Waals surface area contributed by atoms with Crippen molar-refractivity contribution < 1.29 is 23.0 Å². The third-order valence-corrected chi connectivity index (χ3v) is 5.39. The molecule has 1 amide bonds. The van der Waals surface area contributed by atoms with Crippen molar-refractivity contribution >= 4 is 5.91 Å². The molecule has 1 aromatic carbocycles. The summed E-state index contributed by atoms with van der Waals surface area (Å²) in [6.07, 6.45) is 4.23. The number of rotatable bonds is 6. The summed E-state index contributed by atoms with van der Waals surface area (Å²) in [5.41, 5.74) is 0.368. The molecule has 2 aliphatic rings. The lowest BCUT2D eigenvalue weighted by atomic mass is 9.67. The normalized spacial score (nSPS) is 25.5. The van der Waals surface area contributed by atoms with Crippen molar-refractivity contribution in [2.75, 3.05) is 20.2 Å². The molecule has 1 aliphatic carbocycles. The van der Waals surface area contributed by atoms with Gasteiger partial charge < -0.3 is 20.1 Å². The molecule has 0 bridgehead atoms. The van der Waals surface area contributed by atoms with Crippen molar-refractivity contribution in [3.05, 3.63) is 23.8 Å². The van der Waals surface area contributed by atoms with Gasteiger partial charge in [0, 0.05) is 13.1 Å². The van der Waals surface area contributed by atoms with Gasteiger partial charge in [-0.15, -0.1) is 0 Å². The molecule has 1 saturated carbocycles. The van der Waals surface area contributed by atoms with Crippen LogP contribution in [0.2, 0.25) is 0 Å². The van der Waals surface area contributed by atoms with Crippen molar-refractivity contribution in [3.8, 4) is 11.5 Å². The van der Waals surface area contributed by atoms with Crippen molar-refractivity contribution in [1.82, 2.24) is 10.6 Å². The van der Waals surface area contributed by atoms with E-state index in [1.54, 1.807) is 12.1 Å². The van der Waals surface area contributed by atoms with E-state index in [4.69, 9.17) is 4.74 Å². The van der Waals surface area contributed by atoms with Crippen LogP contribution in [0.15, 0.2) is 18.2 Å². The van der Waals surface area contributed by atoms with Crippen LogP contribution in [-0.4, -0.2) is 32.7 Å². The van der Waals surface area contributed by atoms with Crippen molar-refractivity contribution in [2.45, 2.75) is 38.8 Å². The van der Waals surface area contributed by atoms with Gasteiger partial charge in [-0.25, -0.2) is 0 Å². The predicted molar refractivity (Wildman–Crippen MR) is 88.7 cm³/mol. The maximum atomic E-state index is 12.8. The number of halogens is 2. The molecule has 1 aromatic rings. The molecule has 0 spiro atoms. The summed E-state index contributed by atoms with van der Waals surface area (Å²) >= 11 is 0. The molecule has 2 N–H and O–H groups in total. The number of ether oxygens (including phenoxy) is 2. The highest BCUT2D eigenvalue weighted by molar-refractivity contribution is 5.83. The van der Waals surface area contributed by atoms with Crippen LogP contribution in [0.1, 0.15) is 31.2 Å². The van der Waals surface area contributed by atoms with Crippen molar-refractivity contribution in [3.63, 3.8) is 0 Å². The first kappa shape index (κ1) is 17.9. The fraction of sp³-hybridized carbons (Fsp3) is 0.611. The van der Waals surface area contributed by atoms with Crippen LogP contribution in [0.4, 0.5) is 8.78 Å². The lowest BCUT2D eigenvalue weighted by Gasteiger charge is -2.37.